The average Bonchev–Trinajstić information content (AvgIpc) is 1.97. The van der Waals surface area contributed by atoms with Crippen LogP contribution in [0, 0.1) is 0 Å². The van der Waals surface area contributed by atoms with E-state index in [2.05, 4.69) is 0 Å². The van der Waals surface area contributed by atoms with Crippen molar-refractivity contribution in [1.82, 2.24) is 0 Å². The molecule has 14 heavy (non-hydrogen) atoms. The van der Waals surface area contributed by atoms with Gasteiger partial charge in [0.15, 0.2) is 0 Å². The van der Waals surface area contributed by atoms with Crippen LogP contribution in [-0.4, -0.2) is 6.18 Å². The largest absolute Gasteiger partial charge is 0.393 e. The lowest BCUT2D eigenvalue weighted by molar-refractivity contribution is -0.126. The van der Waals surface area contributed by atoms with Crippen LogP contribution in [0.1, 0.15) is 13.3 Å². The average molecular weight is 200 g/mol. The van der Waals surface area contributed by atoms with Gasteiger partial charge in [-0.25, -0.2) is 0 Å². The highest BCUT2D eigenvalue weighted by atomic mass is 19.4. The van der Waals surface area contributed by atoms with Crippen LogP contribution >= 0.6 is 0 Å². The van der Waals surface area contributed by atoms with E-state index in [4.69, 9.17) is 0 Å². The second kappa shape index (κ2) is 4.31. The van der Waals surface area contributed by atoms with Crippen LogP contribution in [0.4, 0.5) is 13.2 Å². The summed E-state index contributed by atoms with van der Waals surface area (Å²) in [5.41, 5.74) is 1.29. The smallest absolute Gasteiger partial charge is 0.171 e. The van der Waals surface area contributed by atoms with Crippen molar-refractivity contribution in [3.63, 3.8) is 0 Å². The highest BCUT2D eigenvalue weighted by Gasteiger charge is 2.27. The lowest BCUT2D eigenvalue weighted by Gasteiger charge is -2.06. The summed E-state index contributed by atoms with van der Waals surface area (Å²) < 4.78 is 36.1. The number of hydrogen-bond donors (Lipinski definition) is 0. The summed E-state index contributed by atoms with van der Waals surface area (Å²) in [5.74, 6) is 0. The van der Waals surface area contributed by atoms with Gasteiger partial charge in [-0.3, -0.25) is 0 Å². The fourth-order valence-electron chi connectivity index (χ4n) is 1.11. The zero-order valence-electron chi connectivity index (χ0n) is 7.81. The predicted molar refractivity (Wildman–Crippen MR) is 50.8 cm³/mol. The van der Waals surface area contributed by atoms with E-state index in [0.29, 0.717) is 0 Å². The van der Waals surface area contributed by atoms with Gasteiger partial charge in [0.2, 0.25) is 0 Å². The van der Waals surface area contributed by atoms with Gasteiger partial charge < -0.3 is 0 Å². The fraction of sp³-hybridized carbons (Fsp3) is 0.273. The molecule has 0 heterocycles. The van der Waals surface area contributed by atoms with Crippen LogP contribution in [0.15, 0.2) is 47.6 Å². The molecule has 1 aliphatic carbocycles. The van der Waals surface area contributed by atoms with Crippen LogP contribution in [0.5, 0.6) is 0 Å². The van der Waals surface area contributed by atoms with Crippen molar-refractivity contribution in [2.75, 3.05) is 0 Å². The monoisotopic (exact) mass is 200 g/mol. The zero-order chi connectivity index (χ0) is 10.6. The number of halogens is 3. The van der Waals surface area contributed by atoms with Crippen molar-refractivity contribution in [1.29, 1.82) is 0 Å². The molecular weight excluding hydrogens is 189 g/mol. The van der Waals surface area contributed by atoms with Gasteiger partial charge in [0.05, 0.1) is 6.42 Å². The minimum atomic E-state index is -4.14. The molecule has 0 N–H and O–H groups in total. The lowest BCUT2D eigenvalue weighted by atomic mass is 10.1. The van der Waals surface area contributed by atoms with Gasteiger partial charge in [0.25, 0.3) is 0 Å². The molecule has 3 heteroatoms. The topological polar surface area (TPSA) is 0 Å². The Bertz CT molecular complexity index is 314. The van der Waals surface area contributed by atoms with Crippen LogP contribution < -0.4 is 0 Å². The summed E-state index contributed by atoms with van der Waals surface area (Å²) in [5, 5.41) is 0. The molecule has 0 aromatic rings. The van der Waals surface area contributed by atoms with E-state index in [1.807, 2.05) is 6.92 Å². The highest BCUT2D eigenvalue weighted by Crippen LogP contribution is 2.25. The van der Waals surface area contributed by atoms with Gasteiger partial charge in [0, 0.05) is 0 Å². The molecule has 0 saturated carbocycles. The Kier molecular flexibility index (Phi) is 3.33. The second-order valence-corrected chi connectivity index (χ2v) is 3.16. The van der Waals surface area contributed by atoms with E-state index in [0.717, 1.165) is 5.57 Å². The van der Waals surface area contributed by atoms with Gasteiger partial charge >= 0.3 is 6.18 Å². The molecule has 0 aliphatic heterocycles. The maximum atomic E-state index is 12.0. The van der Waals surface area contributed by atoms with Crippen LogP contribution in [-0.2, 0) is 0 Å². The van der Waals surface area contributed by atoms with Crippen LogP contribution in [0.2, 0.25) is 0 Å². The van der Waals surface area contributed by atoms with Crippen molar-refractivity contribution in [2.24, 2.45) is 0 Å². The number of alkyl halides is 3. The number of rotatable bonds is 1. The Morgan fingerprint density at radius 3 is 2.36 bits per heavy atom. The van der Waals surface area contributed by atoms with E-state index < -0.39 is 12.6 Å². The van der Waals surface area contributed by atoms with E-state index in [1.165, 1.54) is 12.2 Å². The van der Waals surface area contributed by atoms with Gasteiger partial charge in [-0.15, -0.1) is 0 Å². The summed E-state index contributed by atoms with van der Waals surface area (Å²) in [6.45, 7) is 1.89. The molecule has 0 radical (unpaired) electrons. The Balaban J connectivity index is 2.74. The van der Waals surface area contributed by atoms with Gasteiger partial charge in [-0.1, -0.05) is 42.0 Å². The Morgan fingerprint density at radius 2 is 1.71 bits per heavy atom. The maximum Gasteiger partial charge on any atom is 0.393 e. The molecule has 0 aromatic carbocycles. The first kappa shape index (κ1) is 10.8. The molecule has 0 bridgehead atoms. The Labute approximate surface area is 81.1 Å². The zero-order valence-corrected chi connectivity index (χ0v) is 7.81. The third-order valence-electron chi connectivity index (χ3n) is 1.74. The summed E-state index contributed by atoms with van der Waals surface area (Å²) >= 11 is 0. The molecule has 0 aromatic heterocycles. The normalized spacial score (nSPS) is 29.1. The van der Waals surface area contributed by atoms with Crippen LogP contribution in [0.3, 0.4) is 0 Å². The molecule has 0 fully saturated rings. The summed E-state index contributed by atoms with van der Waals surface area (Å²) in [6, 6.07) is 0. The van der Waals surface area contributed by atoms with E-state index >= 15 is 0 Å². The Hall–Kier alpha value is -1.25. The van der Waals surface area contributed by atoms with E-state index in [-0.39, 0.29) is 5.57 Å². The predicted octanol–water partition coefficient (Wildman–Crippen LogP) is 3.94. The molecule has 1 aliphatic rings. The molecule has 76 valence electrons. The Morgan fingerprint density at radius 1 is 1.07 bits per heavy atom. The molecular formula is C11H11F3. The number of allylic oxidation sites excluding steroid dienone is 8. The first-order valence-corrected chi connectivity index (χ1v) is 4.26. The second-order valence-electron chi connectivity index (χ2n) is 3.16. The standard InChI is InChI=1S/C11H11F3/c1-9-4-2-6-10(7-3-5-9)8-11(12,13)14/h2-7H,8H2,1H3/b4-2-,5-3?,6-2?,7-3-,9-4?,9-5-,10-6+,10-7?. The molecule has 0 amide bonds. The first-order valence-electron chi connectivity index (χ1n) is 4.26. The van der Waals surface area contributed by atoms with Crippen molar-refractivity contribution < 1.29 is 13.2 Å². The van der Waals surface area contributed by atoms with Crippen LogP contribution in [0.25, 0.3) is 0 Å². The minimum Gasteiger partial charge on any atom is -0.171 e. The summed E-state index contributed by atoms with van der Waals surface area (Å²) in [6.07, 6.45) is 4.79. The lowest BCUT2D eigenvalue weighted by Crippen LogP contribution is -2.07. The molecule has 0 nitrogen and oxygen atoms in total. The van der Waals surface area contributed by atoms with E-state index in [9.17, 15) is 13.2 Å². The highest BCUT2D eigenvalue weighted by molar-refractivity contribution is 5.34. The van der Waals surface area contributed by atoms with Gasteiger partial charge in [0.1, 0.15) is 0 Å². The molecule has 1 rings (SSSR count). The first-order chi connectivity index (χ1) is 6.47. The van der Waals surface area contributed by atoms with Gasteiger partial charge in [-0.05, 0) is 12.5 Å². The molecule has 0 saturated heterocycles. The third-order valence-corrected chi connectivity index (χ3v) is 1.74. The maximum absolute atomic E-state index is 12.0. The summed E-state index contributed by atoms with van der Waals surface area (Å²) in [4.78, 5) is 0. The fourth-order valence-corrected chi connectivity index (χ4v) is 1.11. The van der Waals surface area contributed by atoms with Crippen molar-refractivity contribution in [2.45, 2.75) is 19.5 Å². The van der Waals surface area contributed by atoms with Crippen molar-refractivity contribution in [3.8, 4) is 0 Å². The van der Waals surface area contributed by atoms with Gasteiger partial charge in [-0.2, -0.15) is 13.2 Å². The third kappa shape index (κ3) is 4.12. The van der Waals surface area contributed by atoms with Crippen molar-refractivity contribution >= 4 is 0 Å². The quantitative estimate of drug-likeness (QED) is 0.601. The molecule has 0 spiro atoms. The molecule has 0 unspecified atom stereocenters. The van der Waals surface area contributed by atoms with E-state index in [1.54, 1.807) is 24.3 Å². The SMILES string of the molecule is CC1=C/C=C\C(CC(F)(F)F)=C/C=C\1. The minimum absolute atomic E-state index is 0.275. The summed E-state index contributed by atoms with van der Waals surface area (Å²) in [7, 11) is 0. The molecule has 0 atom stereocenters. The van der Waals surface area contributed by atoms with Crippen molar-refractivity contribution in [3.05, 3.63) is 47.6 Å². The number of hydrogen-bond acceptors (Lipinski definition) is 0.